The van der Waals surface area contributed by atoms with Crippen molar-refractivity contribution >= 4 is 5.69 Å². The third-order valence-electron chi connectivity index (χ3n) is 2.74. The number of nitrogens with two attached hydrogens (primary N) is 1. The molecule has 0 aliphatic rings. The lowest BCUT2D eigenvalue weighted by atomic mass is 10.1. The largest absolute Gasteiger partial charge is 0.324 e. The number of nitrogens with zero attached hydrogens (tertiary/aromatic N) is 3. The standard InChI is InChI=1S/C14H24N4/c1-10(2)18(11(3)4)17-16-14-9-7-6-8-13(14)12(5)15/h6-12H,15H2,1-5H3. The van der Waals surface area contributed by atoms with Gasteiger partial charge in [-0.05, 0) is 46.2 Å². The van der Waals surface area contributed by atoms with Crippen LogP contribution in [-0.2, 0) is 0 Å². The molecule has 18 heavy (non-hydrogen) atoms. The molecule has 0 saturated heterocycles. The van der Waals surface area contributed by atoms with E-state index in [1.807, 2.05) is 36.2 Å². The highest BCUT2D eigenvalue weighted by Crippen LogP contribution is 2.24. The maximum Gasteiger partial charge on any atom is 0.0921 e. The summed E-state index contributed by atoms with van der Waals surface area (Å²) in [7, 11) is 0. The van der Waals surface area contributed by atoms with E-state index >= 15 is 0 Å². The van der Waals surface area contributed by atoms with Gasteiger partial charge in [0, 0.05) is 18.1 Å². The Morgan fingerprint density at radius 1 is 1.00 bits per heavy atom. The molecule has 0 aliphatic carbocycles. The molecule has 100 valence electrons. The van der Waals surface area contributed by atoms with E-state index in [0.29, 0.717) is 12.1 Å². The minimum Gasteiger partial charge on any atom is -0.324 e. The van der Waals surface area contributed by atoms with Crippen LogP contribution in [-0.4, -0.2) is 17.1 Å². The van der Waals surface area contributed by atoms with Gasteiger partial charge in [0.05, 0.1) is 5.69 Å². The Morgan fingerprint density at radius 2 is 1.56 bits per heavy atom. The molecule has 1 rings (SSSR count). The summed E-state index contributed by atoms with van der Waals surface area (Å²) in [5.41, 5.74) is 7.79. The van der Waals surface area contributed by atoms with E-state index < -0.39 is 0 Å². The summed E-state index contributed by atoms with van der Waals surface area (Å²) in [6.45, 7) is 10.4. The molecule has 1 aromatic rings. The summed E-state index contributed by atoms with van der Waals surface area (Å²) in [5.74, 6) is 0. The fourth-order valence-electron chi connectivity index (χ4n) is 1.87. The van der Waals surface area contributed by atoms with E-state index in [-0.39, 0.29) is 6.04 Å². The van der Waals surface area contributed by atoms with E-state index in [4.69, 9.17) is 5.73 Å². The first-order valence-corrected chi connectivity index (χ1v) is 6.48. The Balaban J connectivity index is 2.96. The predicted molar refractivity (Wildman–Crippen MR) is 75.7 cm³/mol. The summed E-state index contributed by atoms with van der Waals surface area (Å²) >= 11 is 0. The van der Waals surface area contributed by atoms with Crippen molar-refractivity contribution in [2.45, 2.75) is 52.7 Å². The van der Waals surface area contributed by atoms with Crippen LogP contribution in [0.15, 0.2) is 34.6 Å². The lowest BCUT2D eigenvalue weighted by Gasteiger charge is -2.25. The maximum absolute atomic E-state index is 5.93. The van der Waals surface area contributed by atoms with E-state index in [0.717, 1.165) is 11.3 Å². The molecule has 0 bridgehead atoms. The predicted octanol–water partition coefficient (Wildman–Crippen LogP) is 3.82. The van der Waals surface area contributed by atoms with Crippen molar-refractivity contribution in [2.75, 3.05) is 0 Å². The van der Waals surface area contributed by atoms with Crippen molar-refractivity contribution in [3.63, 3.8) is 0 Å². The molecule has 0 fully saturated rings. The fraction of sp³-hybridized carbons (Fsp3) is 0.571. The van der Waals surface area contributed by atoms with Gasteiger partial charge in [0.2, 0.25) is 0 Å². The third-order valence-corrected chi connectivity index (χ3v) is 2.74. The minimum atomic E-state index is -0.0355. The summed E-state index contributed by atoms with van der Waals surface area (Å²) in [6, 6.07) is 8.49. The van der Waals surface area contributed by atoms with Crippen LogP contribution < -0.4 is 5.73 Å². The van der Waals surface area contributed by atoms with Crippen molar-refractivity contribution in [2.24, 2.45) is 16.1 Å². The molecule has 1 atom stereocenters. The minimum absolute atomic E-state index is 0.0355. The topological polar surface area (TPSA) is 54.0 Å². The van der Waals surface area contributed by atoms with Crippen LogP contribution in [0.4, 0.5) is 5.69 Å². The SMILES string of the molecule is CC(N)c1ccccc1N=NN(C(C)C)C(C)C. The molecule has 1 aromatic carbocycles. The molecule has 0 aliphatic heterocycles. The second-order valence-electron chi connectivity index (χ2n) is 5.10. The third kappa shape index (κ3) is 3.81. The van der Waals surface area contributed by atoms with Gasteiger partial charge in [0.15, 0.2) is 0 Å². The van der Waals surface area contributed by atoms with Gasteiger partial charge in [-0.15, -0.1) is 5.11 Å². The average Bonchev–Trinajstić information content (AvgIpc) is 2.28. The smallest absolute Gasteiger partial charge is 0.0921 e. The van der Waals surface area contributed by atoms with Crippen molar-refractivity contribution in [3.8, 4) is 0 Å². The first kappa shape index (κ1) is 14.6. The highest BCUT2D eigenvalue weighted by molar-refractivity contribution is 5.46. The molecule has 4 nitrogen and oxygen atoms in total. The first-order chi connectivity index (χ1) is 8.43. The van der Waals surface area contributed by atoms with Gasteiger partial charge in [-0.2, -0.15) is 0 Å². The van der Waals surface area contributed by atoms with Crippen LogP contribution in [0.1, 0.15) is 46.2 Å². The van der Waals surface area contributed by atoms with Crippen LogP contribution in [0.2, 0.25) is 0 Å². The van der Waals surface area contributed by atoms with Gasteiger partial charge in [-0.25, -0.2) is 0 Å². The van der Waals surface area contributed by atoms with Crippen LogP contribution in [0.3, 0.4) is 0 Å². The molecule has 1 unspecified atom stereocenters. The van der Waals surface area contributed by atoms with E-state index in [1.54, 1.807) is 0 Å². The number of hydrogen-bond acceptors (Lipinski definition) is 3. The summed E-state index contributed by atoms with van der Waals surface area (Å²) in [6.07, 6.45) is 0. The molecule has 2 N–H and O–H groups in total. The Morgan fingerprint density at radius 3 is 2.06 bits per heavy atom. The Hall–Kier alpha value is -1.42. The molecule has 0 heterocycles. The number of benzene rings is 1. The molecule has 4 heteroatoms. The fourth-order valence-corrected chi connectivity index (χ4v) is 1.87. The second-order valence-corrected chi connectivity index (χ2v) is 5.10. The molecular formula is C14H24N4. The van der Waals surface area contributed by atoms with Crippen molar-refractivity contribution in [1.29, 1.82) is 0 Å². The van der Waals surface area contributed by atoms with Crippen molar-refractivity contribution < 1.29 is 0 Å². The molecule has 0 radical (unpaired) electrons. The molecule has 0 saturated carbocycles. The quantitative estimate of drug-likeness (QED) is 0.636. The van der Waals surface area contributed by atoms with Crippen molar-refractivity contribution in [1.82, 2.24) is 5.01 Å². The van der Waals surface area contributed by atoms with Gasteiger partial charge >= 0.3 is 0 Å². The molecular weight excluding hydrogens is 224 g/mol. The van der Waals surface area contributed by atoms with Crippen molar-refractivity contribution in [3.05, 3.63) is 29.8 Å². The van der Waals surface area contributed by atoms with Crippen LogP contribution in [0.5, 0.6) is 0 Å². The van der Waals surface area contributed by atoms with Gasteiger partial charge in [-0.3, -0.25) is 5.01 Å². The number of rotatable bonds is 5. The summed E-state index contributed by atoms with van der Waals surface area (Å²) in [4.78, 5) is 0. The number of hydrogen-bond donors (Lipinski definition) is 1. The highest BCUT2D eigenvalue weighted by Gasteiger charge is 2.11. The molecule has 0 aromatic heterocycles. The molecule has 0 amide bonds. The zero-order chi connectivity index (χ0) is 13.7. The van der Waals surface area contributed by atoms with E-state index in [9.17, 15) is 0 Å². The van der Waals surface area contributed by atoms with Gasteiger partial charge in [0.1, 0.15) is 0 Å². The first-order valence-electron chi connectivity index (χ1n) is 6.48. The average molecular weight is 248 g/mol. The lowest BCUT2D eigenvalue weighted by molar-refractivity contribution is 0.169. The summed E-state index contributed by atoms with van der Waals surface area (Å²) in [5, 5.41) is 10.7. The van der Waals surface area contributed by atoms with Crippen LogP contribution in [0.25, 0.3) is 0 Å². The monoisotopic (exact) mass is 248 g/mol. The normalized spacial score (nSPS) is 13.6. The van der Waals surface area contributed by atoms with E-state index in [2.05, 4.69) is 38.0 Å². The van der Waals surface area contributed by atoms with E-state index in [1.165, 1.54) is 0 Å². The second kappa shape index (κ2) is 6.50. The highest BCUT2D eigenvalue weighted by atomic mass is 15.6. The zero-order valence-corrected chi connectivity index (χ0v) is 12.0. The zero-order valence-electron chi connectivity index (χ0n) is 12.0. The van der Waals surface area contributed by atoms with Gasteiger partial charge in [0.25, 0.3) is 0 Å². The summed E-state index contributed by atoms with van der Waals surface area (Å²) < 4.78 is 0. The van der Waals surface area contributed by atoms with Gasteiger partial charge < -0.3 is 5.73 Å². The Bertz CT molecular complexity index is 389. The maximum atomic E-state index is 5.93. The lowest BCUT2D eigenvalue weighted by Crippen LogP contribution is -2.31. The molecule has 0 spiro atoms. The Kier molecular flexibility index (Phi) is 5.28. The van der Waals surface area contributed by atoms with Crippen LogP contribution in [0, 0.1) is 0 Å². The van der Waals surface area contributed by atoms with Gasteiger partial charge in [-0.1, -0.05) is 23.4 Å². The Labute approximate surface area is 110 Å². The van der Waals surface area contributed by atoms with Crippen LogP contribution >= 0.6 is 0 Å².